The SMILES string of the molecule is CCOC(=O)[C@@H]1CN(C(=O)OC(C)(C)C)C[C@@H]1c1cccc(F)c1Cl. The smallest absolute Gasteiger partial charge is 0.410 e. The van der Waals surface area contributed by atoms with Crippen molar-refractivity contribution in [2.45, 2.75) is 39.2 Å². The van der Waals surface area contributed by atoms with E-state index in [1.807, 2.05) is 0 Å². The van der Waals surface area contributed by atoms with Crippen molar-refractivity contribution in [1.82, 2.24) is 4.90 Å². The normalized spacial score (nSPS) is 20.5. The first kappa shape index (κ1) is 19.5. The van der Waals surface area contributed by atoms with Gasteiger partial charge in [-0.25, -0.2) is 9.18 Å². The second-order valence-corrected chi connectivity index (χ2v) is 7.37. The zero-order valence-corrected chi connectivity index (χ0v) is 15.6. The minimum Gasteiger partial charge on any atom is -0.466 e. The number of halogens is 2. The van der Waals surface area contributed by atoms with Crippen LogP contribution in [0.3, 0.4) is 0 Å². The van der Waals surface area contributed by atoms with Crippen LogP contribution in [0.2, 0.25) is 5.02 Å². The predicted octanol–water partition coefficient (Wildman–Crippen LogP) is 3.99. The summed E-state index contributed by atoms with van der Waals surface area (Å²) in [6, 6.07) is 4.46. The molecule has 1 heterocycles. The quantitative estimate of drug-likeness (QED) is 0.754. The third-order valence-electron chi connectivity index (χ3n) is 3.94. The van der Waals surface area contributed by atoms with Crippen molar-refractivity contribution >= 4 is 23.7 Å². The fourth-order valence-electron chi connectivity index (χ4n) is 2.89. The standard InChI is InChI=1S/C18H23ClFNO4/c1-5-24-16(22)13-10-21(17(23)25-18(2,3)4)9-12(13)11-7-6-8-14(20)15(11)19/h6-8,12-13H,5,9-10H2,1-4H3/t12-,13-/m1/s1. The molecule has 1 aromatic carbocycles. The van der Waals surface area contributed by atoms with Gasteiger partial charge in [0, 0.05) is 19.0 Å². The van der Waals surface area contributed by atoms with E-state index in [0.717, 1.165) is 0 Å². The highest BCUT2D eigenvalue weighted by molar-refractivity contribution is 6.31. The van der Waals surface area contributed by atoms with Crippen LogP contribution in [-0.2, 0) is 14.3 Å². The number of carbonyl (C=O) groups is 2. The van der Waals surface area contributed by atoms with Crippen LogP contribution in [0.25, 0.3) is 0 Å². The summed E-state index contributed by atoms with van der Waals surface area (Å²) in [5.41, 5.74) is -0.156. The molecule has 5 nitrogen and oxygen atoms in total. The molecular weight excluding hydrogens is 349 g/mol. The van der Waals surface area contributed by atoms with Gasteiger partial charge in [-0.1, -0.05) is 23.7 Å². The van der Waals surface area contributed by atoms with E-state index in [-0.39, 0.29) is 24.7 Å². The van der Waals surface area contributed by atoms with E-state index in [9.17, 15) is 14.0 Å². The Labute approximate surface area is 152 Å². The lowest BCUT2D eigenvalue weighted by Gasteiger charge is -2.24. The molecule has 0 unspecified atom stereocenters. The Kier molecular flexibility index (Phi) is 5.93. The van der Waals surface area contributed by atoms with Crippen LogP contribution in [-0.4, -0.2) is 42.3 Å². The van der Waals surface area contributed by atoms with Crippen LogP contribution in [0.15, 0.2) is 18.2 Å². The number of hydrogen-bond acceptors (Lipinski definition) is 4. The van der Waals surface area contributed by atoms with Gasteiger partial charge in [-0.3, -0.25) is 4.79 Å². The third-order valence-corrected chi connectivity index (χ3v) is 4.34. The van der Waals surface area contributed by atoms with E-state index in [0.29, 0.717) is 5.56 Å². The summed E-state index contributed by atoms with van der Waals surface area (Å²) in [4.78, 5) is 26.1. The van der Waals surface area contributed by atoms with E-state index in [4.69, 9.17) is 21.1 Å². The highest BCUT2D eigenvalue weighted by atomic mass is 35.5. The van der Waals surface area contributed by atoms with Gasteiger partial charge in [0.05, 0.1) is 17.5 Å². The molecule has 2 atom stereocenters. The molecule has 1 saturated heterocycles. The zero-order valence-electron chi connectivity index (χ0n) is 14.8. The summed E-state index contributed by atoms with van der Waals surface area (Å²) in [6.07, 6.45) is -0.517. The molecule has 1 amide bonds. The Balaban J connectivity index is 2.30. The number of likely N-dealkylation sites (tertiary alicyclic amines) is 1. The molecule has 138 valence electrons. The molecule has 0 N–H and O–H groups in total. The fraction of sp³-hybridized carbons (Fsp3) is 0.556. The van der Waals surface area contributed by atoms with Gasteiger partial charge in [0.15, 0.2) is 0 Å². The number of carbonyl (C=O) groups excluding carboxylic acids is 2. The van der Waals surface area contributed by atoms with E-state index < -0.39 is 35.3 Å². The summed E-state index contributed by atoms with van der Waals surface area (Å²) < 4.78 is 24.3. The molecule has 0 aliphatic carbocycles. The first-order chi connectivity index (χ1) is 11.6. The highest BCUT2D eigenvalue weighted by Crippen LogP contribution is 2.38. The molecule has 1 fully saturated rings. The number of esters is 1. The second kappa shape index (κ2) is 7.60. The summed E-state index contributed by atoms with van der Waals surface area (Å²) in [7, 11) is 0. The molecule has 2 rings (SSSR count). The molecule has 25 heavy (non-hydrogen) atoms. The van der Waals surface area contributed by atoms with Crippen LogP contribution in [0.1, 0.15) is 39.2 Å². The van der Waals surface area contributed by atoms with Gasteiger partial charge in [0.1, 0.15) is 11.4 Å². The lowest BCUT2D eigenvalue weighted by Crippen LogP contribution is -2.36. The third kappa shape index (κ3) is 4.63. The van der Waals surface area contributed by atoms with Crippen LogP contribution in [0, 0.1) is 11.7 Å². The van der Waals surface area contributed by atoms with Gasteiger partial charge in [-0.05, 0) is 39.3 Å². The minimum absolute atomic E-state index is 0.0344. The number of nitrogens with zero attached hydrogens (tertiary/aromatic N) is 1. The van der Waals surface area contributed by atoms with Gasteiger partial charge >= 0.3 is 12.1 Å². The molecule has 1 aliphatic rings. The Bertz CT molecular complexity index is 659. The lowest BCUT2D eigenvalue weighted by atomic mass is 9.89. The molecule has 1 aromatic rings. The number of hydrogen-bond donors (Lipinski definition) is 0. The molecule has 0 aromatic heterocycles. The summed E-state index contributed by atoms with van der Waals surface area (Å²) in [5.74, 6) is -2.06. The van der Waals surface area contributed by atoms with E-state index >= 15 is 0 Å². The molecular formula is C18H23ClFNO4. The van der Waals surface area contributed by atoms with Gasteiger partial charge in [-0.2, -0.15) is 0 Å². The van der Waals surface area contributed by atoms with Crippen molar-refractivity contribution < 1.29 is 23.5 Å². The fourth-order valence-corrected chi connectivity index (χ4v) is 3.16. The molecule has 0 saturated carbocycles. The Morgan fingerprint density at radius 3 is 2.60 bits per heavy atom. The van der Waals surface area contributed by atoms with Crippen molar-refractivity contribution in [3.63, 3.8) is 0 Å². The average molecular weight is 372 g/mol. The lowest BCUT2D eigenvalue weighted by molar-refractivity contribution is -0.147. The van der Waals surface area contributed by atoms with Crippen LogP contribution in [0.4, 0.5) is 9.18 Å². The second-order valence-electron chi connectivity index (χ2n) is 6.99. The molecule has 7 heteroatoms. The molecule has 0 bridgehead atoms. The van der Waals surface area contributed by atoms with Crippen molar-refractivity contribution in [3.8, 4) is 0 Å². The van der Waals surface area contributed by atoms with Crippen LogP contribution >= 0.6 is 11.6 Å². The summed E-state index contributed by atoms with van der Waals surface area (Å²) in [5, 5.41) is -0.0344. The Morgan fingerprint density at radius 2 is 2.00 bits per heavy atom. The first-order valence-corrected chi connectivity index (χ1v) is 8.60. The van der Waals surface area contributed by atoms with Gasteiger partial charge in [0.2, 0.25) is 0 Å². The van der Waals surface area contributed by atoms with Crippen molar-refractivity contribution in [2.24, 2.45) is 5.92 Å². The number of amides is 1. The van der Waals surface area contributed by atoms with Crippen LogP contribution < -0.4 is 0 Å². The molecule has 0 radical (unpaired) electrons. The first-order valence-electron chi connectivity index (χ1n) is 8.22. The molecule has 0 spiro atoms. The summed E-state index contributed by atoms with van der Waals surface area (Å²) in [6.45, 7) is 7.60. The van der Waals surface area contributed by atoms with Crippen molar-refractivity contribution in [1.29, 1.82) is 0 Å². The molecule has 1 aliphatic heterocycles. The van der Waals surface area contributed by atoms with Gasteiger partial charge in [-0.15, -0.1) is 0 Å². The highest BCUT2D eigenvalue weighted by Gasteiger charge is 2.43. The number of benzene rings is 1. The monoisotopic (exact) mass is 371 g/mol. The van der Waals surface area contributed by atoms with E-state index in [1.165, 1.54) is 17.0 Å². The maximum atomic E-state index is 13.8. The summed E-state index contributed by atoms with van der Waals surface area (Å²) >= 11 is 6.09. The Hall–Kier alpha value is -1.82. The number of rotatable bonds is 3. The number of ether oxygens (including phenoxy) is 2. The van der Waals surface area contributed by atoms with Gasteiger partial charge < -0.3 is 14.4 Å². The largest absolute Gasteiger partial charge is 0.466 e. The van der Waals surface area contributed by atoms with Gasteiger partial charge in [0.25, 0.3) is 0 Å². The van der Waals surface area contributed by atoms with E-state index in [1.54, 1.807) is 33.8 Å². The van der Waals surface area contributed by atoms with E-state index in [2.05, 4.69) is 0 Å². The zero-order chi connectivity index (χ0) is 18.8. The van der Waals surface area contributed by atoms with Crippen LogP contribution in [0.5, 0.6) is 0 Å². The van der Waals surface area contributed by atoms with Crippen molar-refractivity contribution in [2.75, 3.05) is 19.7 Å². The maximum Gasteiger partial charge on any atom is 0.410 e. The average Bonchev–Trinajstić information content (AvgIpc) is 2.94. The predicted molar refractivity (Wildman–Crippen MR) is 92.1 cm³/mol. The maximum absolute atomic E-state index is 13.8. The minimum atomic E-state index is -0.648. The topological polar surface area (TPSA) is 55.8 Å². The Morgan fingerprint density at radius 1 is 1.32 bits per heavy atom. The van der Waals surface area contributed by atoms with Crippen molar-refractivity contribution in [3.05, 3.63) is 34.6 Å².